The van der Waals surface area contributed by atoms with E-state index in [-0.39, 0.29) is 22.8 Å². The van der Waals surface area contributed by atoms with Crippen molar-refractivity contribution in [1.82, 2.24) is 4.90 Å². The minimum Gasteiger partial charge on any atom is -0.382 e. The number of hydrogen-bond acceptors (Lipinski definition) is 5. The van der Waals surface area contributed by atoms with E-state index in [1.165, 1.54) is 6.07 Å². The number of nitro benzene ring substituents is 1. The van der Waals surface area contributed by atoms with Crippen LogP contribution in [0.15, 0.2) is 18.2 Å². The SMILES string of the molecule is CNc1c(CN2C[C@@H](C)O[C@@H](C)C2)cccc1[N+](=O)[O-]. The van der Waals surface area contributed by atoms with Crippen LogP contribution in [0.5, 0.6) is 0 Å². The largest absolute Gasteiger partial charge is 0.382 e. The zero-order valence-corrected chi connectivity index (χ0v) is 12.1. The monoisotopic (exact) mass is 279 g/mol. The van der Waals surface area contributed by atoms with E-state index in [9.17, 15) is 10.1 Å². The van der Waals surface area contributed by atoms with Crippen LogP contribution < -0.4 is 5.32 Å². The van der Waals surface area contributed by atoms with Gasteiger partial charge in [0.05, 0.1) is 17.1 Å². The highest BCUT2D eigenvalue weighted by Gasteiger charge is 2.24. The Morgan fingerprint density at radius 2 is 2.05 bits per heavy atom. The number of ether oxygens (including phenoxy) is 1. The molecule has 2 rings (SSSR count). The van der Waals surface area contributed by atoms with Gasteiger partial charge < -0.3 is 10.1 Å². The zero-order chi connectivity index (χ0) is 14.7. The Morgan fingerprint density at radius 1 is 1.40 bits per heavy atom. The fourth-order valence-electron chi connectivity index (χ4n) is 2.81. The first kappa shape index (κ1) is 14.7. The fraction of sp³-hybridized carbons (Fsp3) is 0.571. The Bertz CT molecular complexity index is 483. The molecular weight excluding hydrogens is 258 g/mol. The van der Waals surface area contributed by atoms with Crippen molar-refractivity contribution in [3.05, 3.63) is 33.9 Å². The highest BCUT2D eigenvalue weighted by molar-refractivity contribution is 5.66. The van der Waals surface area contributed by atoms with Crippen molar-refractivity contribution < 1.29 is 9.66 Å². The molecule has 0 aromatic heterocycles. The van der Waals surface area contributed by atoms with Crippen molar-refractivity contribution in [3.8, 4) is 0 Å². The van der Waals surface area contributed by atoms with Gasteiger partial charge in [0, 0.05) is 32.7 Å². The summed E-state index contributed by atoms with van der Waals surface area (Å²) in [6.07, 6.45) is 0.381. The highest BCUT2D eigenvalue weighted by atomic mass is 16.6. The zero-order valence-electron chi connectivity index (χ0n) is 12.1. The Hall–Kier alpha value is -1.66. The molecule has 2 atom stereocenters. The van der Waals surface area contributed by atoms with Gasteiger partial charge in [-0.3, -0.25) is 15.0 Å². The molecule has 0 amide bonds. The maximum Gasteiger partial charge on any atom is 0.292 e. The van der Waals surface area contributed by atoms with Crippen LogP contribution in [-0.4, -0.2) is 42.2 Å². The number of anilines is 1. The minimum atomic E-state index is -0.347. The standard InChI is InChI=1S/C14H21N3O3/c1-10-7-16(8-11(2)20-10)9-12-5-4-6-13(17(18)19)14(12)15-3/h4-6,10-11,15H,7-9H2,1-3H3/t10-,11+. The molecule has 6 nitrogen and oxygen atoms in total. The third kappa shape index (κ3) is 3.26. The van der Waals surface area contributed by atoms with Crippen LogP contribution >= 0.6 is 0 Å². The molecule has 1 aliphatic heterocycles. The highest BCUT2D eigenvalue weighted by Crippen LogP contribution is 2.29. The molecule has 0 radical (unpaired) electrons. The lowest BCUT2D eigenvalue weighted by Crippen LogP contribution is -2.44. The van der Waals surface area contributed by atoms with Crippen LogP contribution in [-0.2, 0) is 11.3 Å². The molecule has 110 valence electrons. The van der Waals surface area contributed by atoms with E-state index >= 15 is 0 Å². The average Bonchev–Trinajstić information content (AvgIpc) is 2.37. The summed E-state index contributed by atoms with van der Waals surface area (Å²) in [6, 6.07) is 5.20. The molecule has 1 fully saturated rings. The van der Waals surface area contributed by atoms with Gasteiger partial charge in [-0.25, -0.2) is 0 Å². The summed E-state index contributed by atoms with van der Waals surface area (Å²) in [5, 5.41) is 14.0. The van der Waals surface area contributed by atoms with Crippen molar-refractivity contribution in [2.45, 2.75) is 32.6 Å². The van der Waals surface area contributed by atoms with E-state index in [4.69, 9.17) is 4.74 Å². The van der Waals surface area contributed by atoms with Gasteiger partial charge in [-0.2, -0.15) is 0 Å². The van der Waals surface area contributed by atoms with Crippen LogP contribution in [0.3, 0.4) is 0 Å². The van der Waals surface area contributed by atoms with Crippen LogP contribution in [0.2, 0.25) is 0 Å². The van der Waals surface area contributed by atoms with Crippen LogP contribution in [0.25, 0.3) is 0 Å². The summed E-state index contributed by atoms with van der Waals surface area (Å²) < 4.78 is 5.71. The maximum absolute atomic E-state index is 11.1. The lowest BCUT2D eigenvalue weighted by Gasteiger charge is -2.35. The lowest BCUT2D eigenvalue weighted by atomic mass is 10.1. The molecule has 1 N–H and O–H groups in total. The predicted octanol–water partition coefficient (Wildman–Crippen LogP) is 2.25. The predicted molar refractivity (Wildman–Crippen MR) is 77.9 cm³/mol. The van der Waals surface area contributed by atoms with Gasteiger partial charge >= 0.3 is 0 Å². The van der Waals surface area contributed by atoms with E-state index in [0.29, 0.717) is 12.2 Å². The molecule has 1 saturated heterocycles. The first-order valence-corrected chi connectivity index (χ1v) is 6.83. The van der Waals surface area contributed by atoms with Gasteiger partial charge in [0.15, 0.2) is 0 Å². The van der Waals surface area contributed by atoms with E-state index in [1.807, 2.05) is 6.07 Å². The summed E-state index contributed by atoms with van der Waals surface area (Å²) >= 11 is 0. The van der Waals surface area contributed by atoms with E-state index in [1.54, 1.807) is 13.1 Å². The first-order chi connectivity index (χ1) is 9.51. The van der Waals surface area contributed by atoms with Crippen molar-refractivity contribution in [2.24, 2.45) is 0 Å². The average molecular weight is 279 g/mol. The number of nitrogens with zero attached hydrogens (tertiary/aromatic N) is 2. The van der Waals surface area contributed by atoms with Crippen LogP contribution in [0, 0.1) is 10.1 Å². The second-order valence-electron chi connectivity index (χ2n) is 5.27. The van der Waals surface area contributed by atoms with E-state index in [2.05, 4.69) is 24.1 Å². The third-order valence-electron chi connectivity index (χ3n) is 3.46. The molecule has 6 heteroatoms. The number of nitro groups is 1. The smallest absolute Gasteiger partial charge is 0.292 e. The van der Waals surface area contributed by atoms with Crippen molar-refractivity contribution in [2.75, 3.05) is 25.5 Å². The third-order valence-corrected chi connectivity index (χ3v) is 3.46. The minimum absolute atomic E-state index is 0.124. The number of rotatable bonds is 4. The Morgan fingerprint density at radius 3 is 2.60 bits per heavy atom. The summed E-state index contributed by atoms with van der Waals surface area (Å²) in [5.74, 6) is 0. The number of hydrogen-bond donors (Lipinski definition) is 1. The molecule has 0 spiro atoms. The molecule has 1 heterocycles. The van der Waals surface area contributed by atoms with Gasteiger partial charge in [0.25, 0.3) is 5.69 Å². The van der Waals surface area contributed by atoms with Crippen molar-refractivity contribution in [1.29, 1.82) is 0 Å². The lowest BCUT2D eigenvalue weighted by molar-refractivity contribution is -0.384. The quantitative estimate of drug-likeness (QED) is 0.676. The Balaban J connectivity index is 2.20. The normalized spacial score (nSPS) is 23.6. The number of benzene rings is 1. The van der Waals surface area contributed by atoms with Gasteiger partial charge in [-0.15, -0.1) is 0 Å². The first-order valence-electron chi connectivity index (χ1n) is 6.83. The number of nitrogens with one attached hydrogen (secondary N) is 1. The summed E-state index contributed by atoms with van der Waals surface area (Å²) in [5.41, 5.74) is 1.67. The van der Waals surface area contributed by atoms with Crippen LogP contribution in [0.4, 0.5) is 11.4 Å². The molecule has 1 aliphatic rings. The molecule has 0 unspecified atom stereocenters. The summed E-state index contributed by atoms with van der Waals surface area (Å²) in [6.45, 7) is 6.48. The second-order valence-corrected chi connectivity index (χ2v) is 5.27. The van der Waals surface area contributed by atoms with E-state index < -0.39 is 0 Å². The topological polar surface area (TPSA) is 67.6 Å². The van der Waals surface area contributed by atoms with Crippen molar-refractivity contribution >= 4 is 11.4 Å². The van der Waals surface area contributed by atoms with Gasteiger partial charge in [0.2, 0.25) is 0 Å². The van der Waals surface area contributed by atoms with E-state index in [0.717, 1.165) is 18.7 Å². The van der Waals surface area contributed by atoms with Crippen LogP contribution in [0.1, 0.15) is 19.4 Å². The molecule has 1 aromatic carbocycles. The second kappa shape index (κ2) is 6.19. The maximum atomic E-state index is 11.1. The number of morpholine rings is 1. The van der Waals surface area contributed by atoms with Crippen molar-refractivity contribution in [3.63, 3.8) is 0 Å². The summed E-state index contributed by atoms with van der Waals surface area (Å²) in [7, 11) is 1.72. The molecule has 0 bridgehead atoms. The van der Waals surface area contributed by atoms with Gasteiger partial charge in [-0.1, -0.05) is 12.1 Å². The number of para-hydroxylation sites is 1. The molecule has 0 saturated carbocycles. The van der Waals surface area contributed by atoms with Gasteiger partial charge in [0.1, 0.15) is 5.69 Å². The fourth-order valence-corrected chi connectivity index (χ4v) is 2.81. The molecule has 1 aromatic rings. The Labute approximate surface area is 118 Å². The molecular formula is C14H21N3O3. The molecule has 0 aliphatic carbocycles. The van der Waals surface area contributed by atoms with Gasteiger partial charge in [-0.05, 0) is 19.4 Å². The Kier molecular flexibility index (Phi) is 4.57. The summed E-state index contributed by atoms with van der Waals surface area (Å²) in [4.78, 5) is 13.0. The molecule has 20 heavy (non-hydrogen) atoms.